The van der Waals surface area contributed by atoms with Gasteiger partial charge in [-0.25, -0.2) is 9.37 Å². The molecule has 0 saturated heterocycles. The minimum atomic E-state index is -1.05. The molecule has 0 aliphatic rings. The molecule has 7 nitrogen and oxygen atoms in total. The number of rotatable bonds is 7. The molecule has 0 atom stereocenters. The molecule has 2 aromatic carbocycles. The van der Waals surface area contributed by atoms with Crippen molar-refractivity contribution in [2.24, 2.45) is 0 Å². The molecule has 0 bridgehead atoms. The van der Waals surface area contributed by atoms with Crippen molar-refractivity contribution in [2.75, 3.05) is 0 Å². The second kappa shape index (κ2) is 8.95. The first-order valence-corrected chi connectivity index (χ1v) is 9.23. The first kappa shape index (κ1) is 20.0. The van der Waals surface area contributed by atoms with Crippen molar-refractivity contribution in [3.8, 4) is 17.7 Å². The highest BCUT2D eigenvalue weighted by Crippen LogP contribution is 2.27. The van der Waals surface area contributed by atoms with Crippen molar-refractivity contribution in [1.29, 1.82) is 5.26 Å². The van der Waals surface area contributed by atoms with Gasteiger partial charge >= 0.3 is 5.97 Å². The summed E-state index contributed by atoms with van der Waals surface area (Å²) in [6.45, 7) is -0.0841. The lowest BCUT2D eigenvalue weighted by atomic mass is 10.1. The van der Waals surface area contributed by atoms with Crippen LogP contribution in [0.4, 0.5) is 4.39 Å². The first-order valence-electron chi connectivity index (χ1n) is 8.35. The summed E-state index contributed by atoms with van der Waals surface area (Å²) in [6, 6.07) is 12.5. The van der Waals surface area contributed by atoms with Gasteiger partial charge in [0.2, 0.25) is 5.88 Å². The zero-order chi connectivity index (χ0) is 20.8. The van der Waals surface area contributed by atoms with Gasteiger partial charge in [0.25, 0.3) is 5.91 Å². The molecule has 0 spiro atoms. The third-order valence-corrected chi connectivity index (χ3v) is 4.64. The van der Waals surface area contributed by atoms with Crippen LogP contribution in [-0.4, -0.2) is 22.0 Å². The smallest absolute Gasteiger partial charge is 0.307 e. The van der Waals surface area contributed by atoms with Crippen LogP contribution in [0.3, 0.4) is 0 Å². The van der Waals surface area contributed by atoms with Gasteiger partial charge in [-0.2, -0.15) is 5.26 Å². The Labute approximate surface area is 169 Å². The summed E-state index contributed by atoms with van der Waals surface area (Å²) in [7, 11) is 0. The van der Waals surface area contributed by atoms with Crippen LogP contribution in [0, 0.1) is 17.1 Å². The Kier molecular flexibility index (Phi) is 6.16. The number of amides is 1. The zero-order valence-electron chi connectivity index (χ0n) is 14.9. The Hall–Kier alpha value is -3.77. The standard InChI is InChI=1S/C20H14FN3O4S/c21-16-7-12(8-17(25)26)4-5-14(16)10-23-19(27)18-20(24-11-29-18)28-15-3-1-2-13(6-15)9-22/h1-7,11H,8,10H2,(H,23,27)(H,25,26). The second-order valence-electron chi connectivity index (χ2n) is 5.91. The van der Waals surface area contributed by atoms with E-state index in [0.29, 0.717) is 16.9 Å². The summed E-state index contributed by atoms with van der Waals surface area (Å²) in [4.78, 5) is 27.4. The summed E-state index contributed by atoms with van der Waals surface area (Å²) in [6.07, 6.45) is -0.280. The molecule has 0 saturated carbocycles. The fourth-order valence-corrected chi connectivity index (χ4v) is 3.10. The summed E-state index contributed by atoms with van der Waals surface area (Å²) in [5.74, 6) is -1.70. The van der Waals surface area contributed by atoms with Crippen LogP contribution in [0.2, 0.25) is 0 Å². The Morgan fingerprint density at radius 2 is 2.10 bits per heavy atom. The average Bonchev–Trinajstić information content (AvgIpc) is 3.15. The van der Waals surface area contributed by atoms with E-state index >= 15 is 0 Å². The summed E-state index contributed by atoms with van der Waals surface area (Å²) in [5.41, 5.74) is 2.41. The van der Waals surface area contributed by atoms with Gasteiger partial charge in [0.1, 0.15) is 11.6 Å². The number of nitrogens with zero attached hydrogens (tertiary/aromatic N) is 2. The van der Waals surface area contributed by atoms with Crippen molar-refractivity contribution in [3.05, 3.63) is 75.4 Å². The molecule has 146 valence electrons. The molecular weight excluding hydrogens is 397 g/mol. The van der Waals surface area contributed by atoms with Crippen molar-refractivity contribution >= 4 is 23.2 Å². The van der Waals surface area contributed by atoms with E-state index in [0.717, 1.165) is 17.4 Å². The number of nitriles is 1. The van der Waals surface area contributed by atoms with E-state index in [1.54, 1.807) is 18.2 Å². The van der Waals surface area contributed by atoms with E-state index in [1.807, 2.05) is 6.07 Å². The van der Waals surface area contributed by atoms with Gasteiger partial charge in [0.05, 0.1) is 23.6 Å². The maximum absolute atomic E-state index is 14.1. The number of halogens is 1. The number of carbonyl (C=O) groups is 2. The molecule has 2 N–H and O–H groups in total. The van der Waals surface area contributed by atoms with Gasteiger partial charge < -0.3 is 15.2 Å². The van der Waals surface area contributed by atoms with Crippen LogP contribution in [-0.2, 0) is 17.8 Å². The molecule has 0 radical (unpaired) electrons. The van der Waals surface area contributed by atoms with E-state index in [9.17, 15) is 14.0 Å². The third kappa shape index (κ3) is 5.15. The molecule has 3 rings (SSSR count). The number of hydrogen-bond acceptors (Lipinski definition) is 6. The maximum atomic E-state index is 14.1. The number of aliphatic carboxylic acids is 1. The number of benzene rings is 2. The molecule has 29 heavy (non-hydrogen) atoms. The highest BCUT2D eigenvalue weighted by atomic mass is 32.1. The molecule has 3 aromatic rings. The quantitative estimate of drug-likeness (QED) is 0.615. The van der Waals surface area contributed by atoms with Gasteiger partial charge in [-0.1, -0.05) is 18.2 Å². The molecule has 1 amide bonds. The summed E-state index contributed by atoms with van der Waals surface area (Å²) < 4.78 is 19.7. The molecule has 1 heterocycles. The van der Waals surface area contributed by atoms with Gasteiger partial charge in [-0.15, -0.1) is 11.3 Å². The van der Waals surface area contributed by atoms with E-state index in [2.05, 4.69) is 10.3 Å². The Morgan fingerprint density at radius 3 is 2.83 bits per heavy atom. The van der Waals surface area contributed by atoms with Crippen LogP contribution in [0.5, 0.6) is 11.6 Å². The highest BCUT2D eigenvalue weighted by Gasteiger charge is 2.17. The van der Waals surface area contributed by atoms with E-state index in [4.69, 9.17) is 15.1 Å². The topological polar surface area (TPSA) is 112 Å². The number of ether oxygens (including phenoxy) is 1. The maximum Gasteiger partial charge on any atom is 0.307 e. The van der Waals surface area contributed by atoms with Gasteiger partial charge in [-0.05, 0) is 29.8 Å². The Bertz CT molecular complexity index is 1110. The molecule has 1 aromatic heterocycles. The minimum absolute atomic E-state index is 0.0832. The van der Waals surface area contributed by atoms with Crippen LogP contribution in [0.25, 0.3) is 0 Å². The van der Waals surface area contributed by atoms with Gasteiger partial charge in [-0.3, -0.25) is 9.59 Å². The number of carbonyl (C=O) groups excluding carboxylic acids is 1. The molecular formula is C20H14FN3O4S. The molecule has 0 fully saturated rings. The molecule has 0 aliphatic heterocycles. The SMILES string of the molecule is N#Cc1cccc(Oc2ncsc2C(=O)NCc2ccc(CC(=O)O)cc2F)c1. The third-order valence-electron chi connectivity index (χ3n) is 3.83. The lowest BCUT2D eigenvalue weighted by Crippen LogP contribution is -2.23. The van der Waals surface area contributed by atoms with Crippen LogP contribution in [0.15, 0.2) is 48.0 Å². The largest absolute Gasteiger partial charge is 0.481 e. The summed E-state index contributed by atoms with van der Waals surface area (Å²) in [5, 5.41) is 20.3. The number of carboxylic acids is 1. The zero-order valence-corrected chi connectivity index (χ0v) is 15.7. The number of hydrogen-bond donors (Lipinski definition) is 2. The average molecular weight is 411 g/mol. The Balaban J connectivity index is 1.67. The fraction of sp³-hybridized carbons (Fsp3) is 0.100. The van der Waals surface area contributed by atoms with Crippen molar-refractivity contribution in [2.45, 2.75) is 13.0 Å². The Morgan fingerprint density at radius 1 is 1.28 bits per heavy atom. The van der Waals surface area contributed by atoms with E-state index in [-0.39, 0.29) is 29.3 Å². The lowest BCUT2D eigenvalue weighted by Gasteiger charge is -2.08. The number of carboxylic acid groups (broad SMARTS) is 1. The molecule has 9 heteroatoms. The van der Waals surface area contributed by atoms with Crippen molar-refractivity contribution < 1.29 is 23.8 Å². The number of aromatic nitrogens is 1. The number of nitrogens with one attached hydrogen (secondary N) is 1. The van der Waals surface area contributed by atoms with E-state index in [1.165, 1.54) is 23.7 Å². The normalized spacial score (nSPS) is 10.2. The molecule has 0 unspecified atom stereocenters. The van der Waals surface area contributed by atoms with Gasteiger partial charge in [0.15, 0.2) is 4.88 Å². The fourth-order valence-electron chi connectivity index (χ4n) is 2.47. The van der Waals surface area contributed by atoms with Crippen LogP contribution in [0.1, 0.15) is 26.4 Å². The molecule has 0 aliphatic carbocycles. The number of thiazole rings is 1. The predicted molar refractivity (Wildman–Crippen MR) is 102 cm³/mol. The van der Waals surface area contributed by atoms with Crippen molar-refractivity contribution in [3.63, 3.8) is 0 Å². The van der Waals surface area contributed by atoms with E-state index < -0.39 is 17.7 Å². The van der Waals surface area contributed by atoms with Crippen LogP contribution < -0.4 is 10.1 Å². The summed E-state index contributed by atoms with van der Waals surface area (Å²) >= 11 is 1.06. The highest BCUT2D eigenvalue weighted by molar-refractivity contribution is 7.12. The predicted octanol–water partition coefficient (Wildman–Crippen LogP) is 3.50. The lowest BCUT2D eigenvalue weighted by molar-refractivity contribution is -0.136. The first-order chi connectivity index (χ1) is 14.0. The monoisotopic (exact) mass is 411 g/mol. The van der Waals surface area contributed by atoms with Gasteiger partial charge in [0, 0.05) is 12.1 Å². The van der Waals surface area contributed by atoms with Crippen molar-refractivity contribution in [1.82, 2.24) is 10.3 Å². The minimum Gasteiger partial charge on any atom is -0.481 e. The second-order valence-corrected chi connectivity index (χ2v) is 6.76. The van der Waals surface area contributed by atoms with Crippen LogP contribution >= 0.6 is 11.3 Å².